The van der Waals surface area contributed by atoms with E-state index in [4.69, 9.17) is 9.47 Å². The fourth-order valence-electron chi connectivity index (χ4n) is 2.31. The molecule has 1 saturated heterocycles. The van der Waals surface area contributed by atoms with Gasteiger partial charge < -0.3 is 14.4 Å². The monoisotopic (exact) mass is 341 g/mol. The Labute approximate surface area is 139 Å². The van der Waals surface area contributed by atoms with E-state index in [1.807, 2.05) is 0 Å². The van der Waals surface area contributed by atoms with E-state index in [0.29, 0.717) is 13.0 Å². The van der Waals surface area contributed by atoms with Crippen LogP contribution in [0.15, 0.2) is 30.3 Å². The molecule has 1 aliphatic heterocycles. The highest BCUT2D eigenvalue weighted by Gasteiger charge is 2.44. The molecule has 7 heteroatoms. The van der Waals surface area contributed by atoms with Gasteiger partial charge in [0, 0.05) is 18.5 Å². The molecule has 0 radical (unpaired) electrons. The quantitative estimate of drug-likeness (QED) is 0.792. The molecule has 1 fully saturated rings. The van der Waals surface area contributed by atoms with Crippen molar-refractivity contribution in [3.63, 3.8) is 0 Å². The van der Waals surface area contributed by atoms with Crippen molar-refractivity contribution in [2.45, 2.75) is 44.8 Å². The Morgan fingerprint density at radius 1 is 1.17 bits per heavy atom. The molecule has 1 aromatic carbocycles. The van der Waals surface area contributed by atoms with Crippen molar-refractivity contribution in [2.75, 3.05) is 13.1 Å². The normalized spacial score (nSPS) is 18.4. The highest BCUT2D eigenvalue weighted by Crippen LogP contribution is 2.30. The molecule has 1 aliphatic rings. The number of rotatable bonds is 3. The smallest absolute Gasteiger partial charge is 0.410 e. The van der Waals surface area contributed by atoms with E-state index in [-0.39, 0.29) is 6.54 Å². The number of esters is 1. The molecule has 0 aliphatic carbocycles. The third-order valence-electron chi connectivity index (χ3n) is 3.46. The van der Waals surface area contributed by atoms with Gasteiger partial charge in [-0.05, 0) is 20.8 Å². The minimum atomic E-state index is -3.72. The molecule has 0 N–H and O–H groups in total. The third kappa shape index (κ3) is 4.43. The Bertz CT molecular complexity index is 598. The molecule has 0 unspecified atom stereocenters. The summed E-state index contributed by atoms with van der Waals surface area (Å²) in [4.78, 5) is 25.1. The number of nitrogens with zero attached hydrogens (tertiary/aromatic N) is 1. The second kappa shape index (κ2) is 6.75. The number of ether oxygens (including phenoxy) is 2. The number of hydrogen-bond donors (Lipinski definition) is 0. The lowest BCUT2D eigenvalue weighted by Gasteiger charge is -2.24. The molecular formula is C17H21F2NO4. The Kier molecular flexibility index (Phi) is 5.11. The maximum Gasteiger partial charge on any atom is 0.410 e. The molecule has 1 aromatic rings. The lowest BCUT2D eigenvalue weighted by molar-refractivity contribution is -0.178. The summed E-state index contributed by atoms with van der Waals surface area (Å²) < 4.78 is 38.3. The van der Waals surface area contributed by atoms with Crippen molar-refractivity contribution in [3.8, 4) is 0 Å². The first-order valence-corrected chi connectivity index (χ1v) is 7.72. The van der Waals surface area contributed by atoms with Crippen LogP contribution in [0.5, 0.6) is 0 Å². The Hall–Kier alpha value is -2.18. The maximum atomic E-state index is 14.1. The van der Waals surface area contributed by atoms with E-state index in [0.717, 1.165) is 0 Å². The standard InChI is InChI=1S/C17H21F2NO4/c1-16(2,3)24-15(22)20-10-9-13(11-20)23-14(21)17(18,19)12-7-5-4-6-8-12/h4-8,13H,9-11H2,1-3H3/t13-/m0/s1. The molecule has 2 rings (SSSR count). The summed E-state index contributed by atoms with van der Waals surface area (Å²) in [6.45, 7) is 5.55. The average molecular weight is 341 g/mol. The summed E-state index contributed by atoms with van der Waals surface area (Å²) >= 11 is 0. The van der Waals surface area contributed by atoms with Crippen LogP contribution in [0.3, 0.4) is 0 Å². The summed E-state index contributed by atoms with van der Waals surface area (Å²) in [6, 6.07) is 6.78. The van der Waals surface area contributed by atoms with E-state index in [1.165, 1.54) is 29.2 Å². The molecule has 0 spiro atoms. The molecule has 5 nitrogen and oxygen atoms in total. The Balaban J connectivity index is 1.93. The summed E-state index contributed by atoms with van der Waals surface area (Å²) in [5.74, 6) is -5.33. The summed E-state index contributed by atoms with van der Waals surface area (Å²) in [6.07, 6.45) is -1.01. The number of halogens is 2. The molecular weight excluding hydrogens is 320 g/mol. The van der Waals surface area contributed by atoms with Gasteiger partial charge in [0.1, 0.15) is 11.7 Å². The van der Waals surface area contributed by atoms with Gasteiger partial charge in [0.05, 0.1) is 6.54 Å². The maximum absolute atomic E-state index is 14.1. The van der Waals surface area contributed by atoms with Gasteiger partial charge in [-0.25, -0.2) is 9.59 Å². The lowest BCUT2D eigenvalue weighted by atomic mass is 10.1. The van der Waals surface area contributed by atoms with Crippen LogP contribution in [0.2, 0.25) is 0 Å². The van der Waals surface area contributed by atoms with Crippen LogP contribution in [-0.4, -0.2) is 41.8 Å². The van der Waals surface area contributed by atoms with Crippen molar-refractivity contribution in [1.82, 2.24) is 4.90 Å². The highest BCUT2D eigenvalue weighted by molar-refractivity contribution is 5.79. The van der Waals surface area contributed by atoms with E-state index < -0.39 is 35.3 Å². The van der Waals surface area contributed by atoms with Gasteiger partial charge in [-0.1, -0.05) is 30.3 Å². The second-order valence-corrected chi connectivity index (χ2v) is 6.68. The van der Waals surface area contributed by atoms with E-state index >= 15 is 0 Å². The van der Waals surface area contributed by atoms with E-state index in [1.54, 1.807) is 26.8 Å². The Morgan fingerprint density at radius 2 is 1.79 bits per heavy atom. The first-order valence-electron chi connectivity index (χ1n) is 7.72. The predicted octanol–water partition coefficient (Wildman–Crippen LogP) is 3.33. The number of hydrogen-bond acceptors (Lipinski definition) is 4. The molecule has 0 aromatic heterocycles. The number of benzene rings is 1. The van der Waals surface area contributed by atoms with Crippen LogP contribution in [0.4, 0.5) is 13.6 Å². The molecule has 132 valence electrons. The lowest BCUT2D eigenvalue weighted by Crippen LogP contribution is -2.37. The predicted molar refractivity (Wildman–Crippen MR) is 82.6 cm³/mol. The zero-order valence-corrected chi connectivity index (χ0v) is 13.9. The summed E-state index contributed by atoms with van der Waals surface area (Å²) in [7, 11) is 0. The van der Waals surface area contributed by atoms with Gasteiger partial charge in [-0.3, -0.25) is 0 Å². The van der Waals surface area contributed by atoms with Crippen molar-refractivity contribution < 1.29 is 27.8 Å². The molecule has 1 amide bonds. The largest absolute Gasteiger partial charge is 0.456 e. The third-order valence-corrected chi connectivity index (χ3v) is 3.46. The van der Waals surface area contributed by atoms with Crippen LogP contribution < -0.4 is 0 Å². The van der Waals surface area contributed by atoms with Crippen molar-refractivity contribution in [1.29, 1.82) is 0 Å². The van der Waals surface area contributed by atoms with Gasteiger partial charge >= 0.3 is 18.0 Å². The number of amides is 1. The van der Waals surface area contributed by atoms with E-state index in [9.17, 15) is 18.4 Å². The Morgan fingerprint density at radius 3 is 2.38 bits per heavy atom. The SMILES string of the molecule is CC(C)(C)OC(=O)N1CC[C@H](OC(=O)C(F)(F)c2ccccc2)C1. The van der Waals surface area contributed by atoms with Crippen molar-refractivity contribution >= 4 is 12.1 Å². The fraction of sp³-hybridized carbons (Fsp3) is 0.529. The van der Waals surface area contributed by atoms with Gasteiger partial charge in [0.15, 0.2) is 0 Å². The molecule has 24 heavy (non-hydrogen) atoms. The minimum absolute atomic E-state index is 0.0471. The molecule has 1 heterocycles. The van der Waals surface area contributed by atoms with Crippen molar-refractivity contribution in [2.24, 2.45) is 0 Å². The van der Waals surface area contributed by atoms with Gasteiger partial charge in [-0.15, -0.1) is 0 Å². The number of alkyl halides is 2. The first-order chi connectivity index (χ1) is 11.1. The summed E-state index contributed by atoms with van der Waals surface area (Å²) in [5, 5.41) is 0. The summed E-state index contributed by atoms with van der Waals surface area (Å²) in [5.41, 5.74) is -1.07. The van der Waals surface area contributed by atoms with E-state index in [2.05, 4.69) is 0 Å². The zero-order chi connectivity index (χ0) is 18.0. The highest BCUT2D eigenvalue weighted by atomic mass is 19.3. The zero-order valence-electron chi connectivity index (χ0n) is 13.9. The molecule has 0 saturated carbocycles. The van der Waals surface area contributed by atoms with Crippen molar-refractivity contribution in [3.05, 3.63) is 35.9 Å². The first kappa shape index (κ1) is 18.2. The van der Waals surface area contributed by atoms with Gasteiger partial charge in [0.2, 0.25) is 0 Å². The van der Waals surface area contributed by atoms with Crippen LogP contribution >= 0.6 is 0 Å². The van der Waals surface area contributed by atoms with Crippen LogP contribution in [0, 0.1) is 0 Å². The fourth-order valence-corrected chi connectivity index (χ4v) is 2.31. The second-order valence-electron chi connectivity index (χ2n) is 6.68. The average Bonchev–Trinajstić information content (AvgIpc) is 2.95. The van der Waals surface area contributed by atoms with Crippen LogP contribution in [-0.2, 0) is 20.2 Å². The number of carbonyl (C=O) groups is 2. The molecule has 1 atom stereocenters. The molecule has 0 bridgehead atoms. The minimum Gasteiger partial charge on any atom is -0.456 e. The topological polar surface area (TPSA) is 55.8 Å². The van der Waals surface area contributed by atoms with Gasteiger partial charge in [-0.2, -0.15) is 8.78 Å². The van der Waals surface area contributed by atoms with Gasteiger partial charge in [0.25, 0.3) is 0 Å². The number of likely N-dealkylation sites (tertiary alicyclic amines) is 1. The number of carbonyl (C=O) groups excluding carboxylic acids is 2. The van der Waals surface area contributed by atoms with Crippen LogP contribution in [0.1, 0.15) is 32.8 Å². The van der Waals surface area contributed by atoms with Crippen LogP contribution in [0.25, 0.3) is 0 Å².